The number of halogens is 4. The molecule has 8 heteroatoms. The number of alkyl halides is 3. The molecule has 1 saturated heterocycles. The summed E-state index contributed by atoms with van der Waals surface area (Å²) in [5.41, 5.74) is 1.09. The van der Waals surface area contributed by atoms with Crippen molar-refractivity contribution in [3.63, 3.8) is 0 Å². The Morgan fingerprint density at radius 3 is 2.50 bits per heavy atom. The fourth-order valence-electron chi connectivity index (χ4n) is 3.57. The monoisotopic (exact) mass is 431 g/mol. The standard InChI is InChI=1S/C22H17ClF3N3O/c23-18-6-8-19(9-7-18)29-20(16-4-1-5-17(11-16)22(24,25)26)14-28(21(29)30)13-15-3-2-10-27-12-15/h1-12,20H,13-14H2/t20-/m1/s1. The van der Waals surface area contributed by atoms with Crippen LogP contribution in [0.2, 0.25) is 5.02 Å². The van der Waals surface area contributed by atoms with Crippen LogP contribution in [0.5, 0.6) is 0 Å². The van der Waals surface area contributed by atoms with Gasteiger partial charge < -0.3 is 4.90 Å². The fraction of sp³-hybridized carbons (Fsp3) is 0.182. The van der Waals surface area contributed by atoms with Crippen molar-refractivity contribution < 1.29 is 18.0 Å². The van der Waals surface area contributed by atoms with Crippen LogP contribution in [0.25, 0.3) is 0 Å². The van der Waals surface area contributed by atoms with Crippen molar-refractivity contribution in [3.05, 3.63) is 94.8 Å². The van der Waals surface area contributed by atoms with Crippen LogP contribution in [-0.2, 0) is 12.7 Å². The van der Waals surface area contributed by atoms with Crippen molar-refractivity contribution in [2.45, 2.75) is 18.8 Å². The SMILES string of the molecule is O=C1N(Cc2cccnc2)C[C@H](c2cccc(C(F)(F)F)c2)N1c1ccc(Cl)cc1. The molecule has 4 nitrogen and oxygen atoms in total. The third-order valence-corrected chi connectivity index (χ3v) is 5.23. The van der Waals surface area contributed by atoms with E-state index in [-0.39, 0.29) is 12.6 Å². The van der Waals surface area contributed by atoms with E-state index in [1.54, 1.807) is 53.7 Å². The molecule has 30 heavy (non-hydrogen) atoms. The Bertz CT molecular complexity index is 1040. The fourth-order valence-corrected chi connectivity index (χ4v) is 3.69. The number of aromatic nitrogens is 1. The van der Waals surface area contributed by atoms with Crippen molar-refractivity contribution in [3.8, 4) is 0 Å². The van der Waals surface area contributed by atoms with Gasteiger partial charge in [-0.05, 0) is 53.6 Å². The van der Waals surface area contributed by atoms with E-state index in [1.165, 1.54) is 11.0 Å². The Kier molecular flexibility index (Phi) is 5.39. The minimum Gasteiger partial charge on any atom is -0.318 e. The average Bonchev–Trinajstić information content (AvgIpc) is 3.05. The van der Waals surface area contributed by atoms with Gasteiger partial charge in [0.15, 0.2) is 0 Å². The molecule has 0 aliphatic carbocycles. The molecule has 1 aliphatic rings. The van der Waals surface area contributed by atoms with E-state index >= 15 is 0 Å². The van der Waals surface area contributed by atoms with Gasteiger partial charge in [0.05, 0.1) is 11.6 Å². The van der Waals surface area contributed by atoms with Crippen LogP contribution in [-0.4, -0.2) is 22.5 Å². The van der Waals surface area contributed by atoms with E-state index in [0.29, 0.717) is 22.8 Å². The summed E-state index contributed by atoms with van der Waals surface area (Å²) in [6.45, 7) is 0.559. The first kappa shape index (κ1) is 20.2. The first-order valence-corrected chi connectivity index (χ1v) is 9.60. The summed E-state index contributed by atoms with van der Waals surface area (Å²) in [4.78, 5) is 20.4. The van der Waals surface area contributed by atoms with E-state index in [0.717, 1.165) is 17.7 Å². The van der Waals surface area contributed by atoms with E-state index < -0.39 is 17.8 Å². The summed E-state index contributed by atoms with van der Waals surface area (Å²) < 4.78 is 39.7. The number of amides is 2. The highest BCUT2D eigenvalue weighted by Crippen LogP contribution is 2.38. The summed E-state index contributed by atoms with van der Waals surface area (Å²) in [5.74, 6) is 0. The van der Waals surface area contributed by atoms with E-state index in [9.17, 15) is 18.0 Å². The lowest BCUT2D eigenvalue weighted by Gasteiger charge is -2.24. The van der Waals surface area contributed by atoms with Crippen molar-refractivity contribution >= 4 is 23.3 Å². The molecule has 2 amide bonds. The molecule has 0 radical (unpaired) electrons. The van der Waals surface area contributed by atoms with Gasteiger partial charge in [-0.2, -0.15) is 13.2 Å². The molecule has 0 N–H and O–H groups in total. The largest absolute Gasteiger partial charge is 0.416 e. The molecular formula is C22H17ClF3N3O. The molecule has 0 spiro atoms. The van der Waals surface area contributed by atoms with Crippen LogP contribution in [0.1, 0.15) is 22.7 Å². The molecule has 2 heterocycles. The molecular weight excluding hydrogens is 415 g/mol. The predicted molar refractivity (Wildman–Crippen MR) is 108 cm³/mol. The number of hydrogen-bond donors (Lipinski definition) is 0. The Morgan fingerprint density at radius 1 is 1.07 bits per heavy atom. The first-order chi connectivity index (χ1) is 14.3. The summed E-state index contributed by atoms with van der Waals surface area (Å²) in [6.07, 6.45) is -1.16. The molecule has 3 aromatic rings. The van der Waals surface area contributed by atoms with Crippen LogP contribution >= 0.6 is 11.6 Å². The maximum Gasteiger partial charge on any atom is 0.416 e. The van der Waals surface area contributed by atoms with Gasteiger partial charge in [0.2, 0.25) is 0 Å². The zero-order valence-electron chi connectivity index (χ0n) is 15.7. The molecule has 0 saturated carbocycles. The highest BCUT2D eigenvalue weighted by atomic mass is 35.5. The van der Waals surface area contributed by atoms with E-state index in [2.05, 4.69) is 4.98 Å². The van der Waals surface area contributed by atoms with Gasteiger partial charge in [0, 0.05) is 36.2 Å². The normalized spacial score (nSPS) is 16.9. The van der Waals surface area contributed by atoms with Gasteiger partial charge in [0.1, 0.15) is 0 Å². The van der Waals surface area contributed by atoms with E-state index in [4.69, 9.17) is 11.6 Å². The summed E-state index contributed by atoms with van der Waals surface area (Å²) in [7, 11) is 0. The smallest absolute Gasteiger partial charge is 0.318 e. The van der Waals surface area contributed by atoms with Crippen molar-refractivity contribution in [2.75, 3.05) is 11.4 Å². The lowest BCUT2D eigenvalue weighted by atomic mass is 10.0. The van der Waals surface area contributed by atoms with Crippen molar-refractivity contribution in [2.24, 2.45) is 0 Å². The number of nitrogens with zero attached hydrogens (tertiary/aromatic N) is 3. The van der Waals surface area contributed by atoms with Crippen LogP contribution in [0, 0.1) is 0 Å². The number of benzene rings is 2. The molecule has 154 valence electrons. The van der Waals surface area contributed by atoms with Crippen LogP contribution in [0.15, 0.2) is 73.1 Å². The highest BCUT2D eigenvalue weighted by molar-refractivity contribution is 6.30. The second-order valence-corrected chi connectivity index (χ2v) is 7.45. The molecule has 4 rings (SSSR count). The molecule has 1 aromatic heterocycles. The lowest BCUT2D eigenvalue weighted by Crippen LogP contribution is -2.32. The molecule has 0 unspecified atom stereocenters. The zero-order valence-corrected chi connectivity index (χ0v) is 16.4. The Balaban J connectivity index is 1.72. The van der Waals surface area contributed by atoms with Crippen LogP contribution < -0.4 is 4.90 Å². The Labute approximate surface area is 176 Å². The molecule has 1 atom stereocenters. The van der Waals surface area contributed by atoms with Crippen LogP contribution in [0.4, 0.5) is 23.7 Å². The van der Waals surface area contributed by atoms with Gasteiger partial charge in [-0.15, -0.1) is 0 Å². The van der Waals surface area contributed by atoms with E-state index in [1.807, 2.05) is 6.07 Å². The molecule has 2 aromatic carbocycles. The summed E-state index contributed by atoms with van der Waals surface area (Å²) in [6, 6.07) is 14.6. The van der Waals surface area contributed by atoms with Gasteiger partial charge >= 0.3 is 12.2 Å². The number of urea groups is 1. The van der Waals surface area contributed by atoms with Gasteiger partial charge in [0.25, 0.3) is 0 Å². The maximum absolute atomic E-state index is 13.2. The third-order valence-electron chi connectivity index (χ3n) is 4.98. The predicted octanol–water partition coefficient (Wildman–Crippen LogP) is 5.94. The Morgan fingerprint density at radius 2 is 1.83 bits per heavy atom. The van der Waals surface area contributed by atoms with Crippen LogP contribution in [0.3, 0.4) is 0 Å². The molecule has 1 aliphatic heterocycles. The third kappa shape index (κ3) is 4.11. The van der Waals surface area contributed by atoms with Crippen molar-refractivity contribution in [1.82, 2.24) is 9.88 Å². The van der Waals surface area contributed by atoms with Gasteiger partial charge in [-0.1, -0.05) is 29.8 Å². The second kappa shape index (κ2) is 7.99. The maximum atomic E-state index is 13.2. The lowest BCUT2D eigenvalue weighted by molar-refractivity contribution is -0.137. The average molecular weight is 432 g/mol. The van der Waals surface area contributed by atoms with Gasteiger partial charge in [-0.25, -0.2) is 4.79 Å². The van der Waals surface area contributed by atoms with Gasteiger partial charge in [-0.3, -0.25) is 9.88 Å². The topological polar surface area (TPSA) is 36.4 Å². The second-order valence-electron chi connectivity index (χ2n) is 7.01. The van der Waals surface area contributed by atoms with Crippen molar-refractivity contribution in [1.29, 1.82) is 0 Å². The summed E-state index contributed by atoms with van der Waals surface area (Å²) >= 11 is 5.97. The summed E-state index contributed by atoms with van der Waals surface area (Å²) in [5, 5.41) is 0.508. The first-order valence-electron chi connectivity index (χ1n) is 9.23. The molecule has 1 fully saturated rings. The minimum absolute atomic E-state index is 0.248. The quantitative estimate of drug-likeness (QED) is 0.512. The Hall–Kier alpha value is -3.06. The number of anilines is 1. The minimum atomic E-state index is -4.46. The number of hydrogen-bond acceptors (Lipinski definition) is 2. The zero-order chi connectivity index (χ0) is 21.3. The molecule has 0 bridgehead atoms. The highest BCUT2D eigenvalue weighted by Gasteiger charge is 2.40. The number of carbonyl (C=O) groups is 1. The number of carbonyl (C=O) groups excluding carboxylic acids is 1. The number of rotatable bonds is 4. The number of pyridine rings is 1.